The number of rotatable bonds is 1. The van der Waals surface area contributed by atoms with E-state index < -0.39 is 0 Å². The van der Waals surface area contributed by atoms with E-state index in [-0.39, 0.29) is 12.1 Å². The van der Waals surface area contributed by atoms with Gasteiger partial charge in [0.1, 0.15) is 6.10 Å². The van der Waals surface area contributed by atoms with Crippen LogP contribution in [0.1, 0.15) is 27.2 Å². The van der Waals surface area contributed by atoms with Crippen molar-refractivity contribution in [3.05, 3.63) is 11.1 Å². The zero-order valence-corrected chi connectivity index (χ0v) is 6.60. The highest BCUT2D eigenvalue weighted by Crippen LogP contribution is 2.23. The van der Waals surface area contributed by atoms with E-state index in [9.17, 15) is 4.79 Å². The molecule has 2 heteroatoms. The average molecular weight is 140 g/mol. The number of carbonyl (C=O) groups excluding carboxylic acids is 1. The van der Waals surface area contributed by atoms with Gasteiger partial charge in [0.15, 0.2) is 0 Å². The molecule has 0 aromatic heterocycles. The highest BCUT2D eigenvalue weighted by molar-refractivity contribution is 5.91. The van der Waals surface area contributed by atoms with Crippen LogP contribution >= 0.6 is 0 Å². The third-order valence-electron chi connectivity index (χ3n) is 1.94. The van der Waals surface area contributed by atoms with Crippen molar-refractivity contribution in [2.75, 3.05) is 0 Å². The third kappa shape index (κ3) is 0.939. The van der Waals surface area contributed by atoms with Crippen LogP contribution in [-0.2, 0) is 9.53 Å². The number of hydrogen-bond donors (Lipinski definition) is 0. The first-order chi connectivity index (χ1) is 4.66. The Bertz CT molecular complexity index is 191. The molecule has 1 aliphatic rings. The molecular weight excluding hydrogens is 128 g/mol. The molecule has 0 amide bonds. The SMILES string of the molecule is CCC1=C(C)C(=O)OC1C. The van der Waals surface area contributed by atoms with Crippen molar-refractivity contribution in [2.45, 2.75) is 33.3 Å². The lowest BCUT2D eigenvalue weighted by atomic mass is 10.1. The second kappa shape index (κ2) is 2.45. The summed E-state index contributed by atoms with van der Waals surface area (Å²) in [7, 11) is 0. The largest absolute Gasteiger partial charge is 0.455 e. The van der Waals surface area contributed by atoms with Crippen molar-refractivity contribution < 1.29 is 9.53 Å². The maximum atomic E-state index is 10.9. The summed E-state index contributed by atoms with van der Waals surface area (Å²) in [5, 5.41) is 0. The number of hydrogen-bond acceptors (Lipinski definition) is 2. The van der Waals surface area contributed by atoms with Crippen LogP contribution in [0, 0.1) is 0 Å². The van der Waals surface area contributed by atoms with Gasteiger partial charge in [0.05, 0.1) is 0 Å². The average Bonchev–Trinajstić information content (AvgIpc) is 2.09. The topological polar surface area (TPSA) is 26.3 Å². The Labute approximate surface area is 60.9 Å². The predicted octanol–water partition coefficient (Wildman–Crippen LogP) is 1.66. The van der Waals surface area contributed by atoms with Crippen LogP contribution in [0.4, 0.5) is 0 Å². The summed E-state index contributed by atoms with van der Waals surface area (Å²) in [6.07, 6.45) is 0.927. The van der Waals surface area contributed by atoms with E-state index in [1.54, 1.807) is 0 Å². The van der Waals surface area contributed by atoms with E-state index in [2.05, 4.69) is 0 Å². The molecule has 0 aromatic rings. The van der Waals surface area contributed by atoms with Crippen molar-refractivity contribution >= 4 is 5.97 Å². The Morgan fingerprint density at radius 3 is 2.40 bits per heavy atom. The maximum Gasteiger partial charge on any atom is 0.334 e. The Kier molecular flexibility index (Phi) is 1.79. The standard InChI is InChI=1S/C8H12O2/c1-4-7-5(2)8(9)10-6(7)3/h6H,4H2,1-3H3. The zero-order valence-electron chi connectivity index (χ0n) is 6.60. The molecule has 0 bridgehead atoms. The monoisotopic (exact) mass is 140 g/mol. The second-order valence-corrected chi connectivity index (χ2v) is 2.55. The zero-order chi connectivity index (χ0) is 7.72. The lowest BCUT2D eigenvalue weighted by molar-refractivity contribution is -0.139. The predicted molar refractivity (Wildman–Crippen MR) is 38.5 cm³/mol. The Morgan fingerprint density at radius 1 is 1.60 bits per heavy atom. The Morgan fingerprint density at radius 2 is 2.20 bits per heavy atom. The van der Waals surface area contributed by atoms with Gasteiger partial charge in [-0.2, -0.15) is 0 Å². The fourth-order valence-corrected chi connectivity index (χ4v) is 1.31. The molecule has 1 unspecified atom stereocenters. The first-order valence-electron chi connectivity index (χ1n) is 3.57. The molecule has 10 heavy (non-hydrogen) atoms. The van der Waals surface area contributed by atoms with Crippen LogP contribution in [0.2, 0.25) is 0 Å². The van der Waals surface area contributed by atoms with Crippen LogP contribution in [0.3, 0.4) is 0 Å². The van der Waals surface area contributed by atoms with Crippen LogP contribution < -0.4 is 0 Å². The molecule has 1 atom stereocenters. The lowest BCUT2D eigenvalue weighted by Crippen LogP contribution is -2.05. The minimum absolute atomic E-state index is 0.0116. The molecule has 0 aliphatic carbocycles. The van der Waals surface area contributed by atoms with Crippen molar-refractivity contribution in [3.63, 3.8) is 0 Å². The molecule has 0 saturated carbocycles. The van der Waals surface area contributed by atoms with E-state index in [1.165, 1.54) is 0 Å². The number of esters is 1. The van der Waals surface area contributed by atoms with Gasteiger partial charge in [-0.3, -0.25) is 0 Å². The number of ether oxygens (including phenoxy) is 1. The molecular formula is C8H12O2. The van der Waals surface area contributed by atoms with E-state index in [4.69, 9.17) is 4.74 Å². The van der Waals surface area contributed by atoms with Crippen LogP contribution in [0.25, 0.3) is 0 Å². The highest BCUT2D eigenvalue weighted by Gasteiger charge is 2.25. The summed E-state index contributed by atoms with van der Waals surface area (Å²) in [6, 6.07) is 0. The molecule has 0 aromatic carbocycles. The van der Waals surface area contributed by atoms with Gasteiger partial charge in [0.2, 0.25) is 0 Å². The normalized spacial score (nSPS) is 25.5. The fraction of sp³-hybridized carbons (Fsp3) is 0.625. The molecule has 1 aliphatic heterocycles. The van der Waals surface area contributed by atoms with Crippen molar-refractivity contribution in [1.29, 1.82) is 0 Å². The van der Waals surface area contributed by atoms with Gasteiger partial charge >= 0.3 is 5.97 Å². The van der Waals surface area contributed by atoms with E-state index >= 15 is 0 Å². The minimum atomic E-state index is -0.149. The number of carbonyl (C=O) groups is 1. The van der Waals surface area contributed by atoms with Gasteiger partial charge in [-0.05, 0) is 25.8 Å². The van der Waals surface area contributed by atoms with Gasteiger partial charge in [0.25, 0.3) is 0 Å². The summed E-state index contributed by atoms with van der Waals surface area (Å²) in [4.78, 5) is 10.9. The second-order valence-electron chi connectivity index (χ2n) is 2.55. The molecule has 1 heterocycles. The lowest BCUT2D eigenvalue weighted by Gasteiger charge is -2.04. The first kappa shape index (κ1) is 7.32. The van der Waals surface area contributed by atoms with Crippen LogP contribution in [-0.4, -0.2) is 12.1 Å². The molecule has 1 rings (SSSR count). The smallest absolute Gasteiger partial charge is 0.334 e. The van der Waals surface area contributed by atoms with Gasteiger partial charge in [0, 0.05) is 5.57 Å². The summed E-state index contributed by atoms with van der Waals surface area (Å²) in [6.45, 7) is 5.77. The first-order valence-corrected chi connectivity index (χ1v) is 3.57. The Hall–Kier alpha value is -0.790. The molecule has 0 N–H and O–H groups in total. The summed E-state index contributed by atoms with van der Waals surface area (Å²) in [5.74, 6) is -0.149. The number of cyclic esters (lactones) is 1. The fourth-order valence-electron chi connectivity index (χ4n) is 1.31. The van der Waals surface area contributed by atoms with Gasteiger partial charge < -0.3 is 4.74 Å². The summed E-state index contributed by atoms with van der Waals surface area (Å²) < 4.78 is 4.96. The van der Waals surface area contributed by atoms with Crippen molar-refractivity contribution in [2.24, 2.45) is 0 Å². The van der Waals surface area contributed by atoms with Gasteiger partial charge in [-0.25, -0.2) is 4.79 Å². The molecule has 2 nitrogen and oxygen atoms in total. The maximum absolute atomic E-state index is 10.9. The van der Waals surface area contributed by atoms with Gasteiger partial charge in [-0.15, -0.1) is 0 Å². The van der Waals surface area contributed by atoms with Crippen molar-refractivity contribution in [3.8, 4) is 0 Å². The van der Waals surface area contributed by atoms with Crippen LogP contribution in [0.5, 0.6) is 0 Å². The quantitative estimate of drug-likeness (QED) is 0.518. The highest BCUT2D eigenvalue weighted by atomic mass is 16.5. The van der Waals surface area contributed by atoms with Crippen molar-refractivity contribution in [1.82, 2.24) is 0 Å². The van der Waals surface area contributed by atoms with Crippen LogP contribution in [0.15, 0.2) is 11.1 Å². The van der Waals surface area contributed by atoms with E-state index in [1.807, 2.05) is 20.8 Å². The van der Waals surface area contributed by atoms with Gasteiger partial charge in [-0.1, -0.05) is 6.92 Å². The summed E-state index contributed by atoms with van der Waals surface area (Å²) >= 11 is 0. The summed E-state index contributed by atoms with van der Waals surface area (Å²) in [5.41, 5.74) is 1.94. The third-order valence-corrected chi connectivity index (χ3v) is 1.94. The van der Waals surface area contributed by atoms with E-state index in [0.29, 0.717) is 0 Å². The molecule has 56 valence electrons. The minimum Gasteiger partial charge on any atom is -0.455 e. The molecule has 0 saturated heterocycles. The Balaban J connectivity index is 2.90. The molecule has 0 fully saturated rings. The molecule has 0 radical (unpaired) electrons. The molecule has 0 spiro atoms. The van der Waals surface area contributed by atoms with E-state index in [0.717, 1.165) is 17.6 Å².